The zero-order chi connectivity index (χ0) is 11.4. The fourth-order valence-corrected chi connectivity index (χ4v) is 1.85. The van der Waals surface area contributed by atoms with Crippen LogP contribution in [0.15, 0.2) is 0 Å². The molecule has 0 aliphatic carbocycles. The summed E-state index contributed by atoms with van der Waals surface area (Å²) in [5.74, 6) is 0. The van der Waals surface area contributed by atoms with E-state index in [2.05, 4.69) is 12.2 Å². The maximum absolute atomic E-state index is 9.46. The summed E-state index contributed by atoms with van der Waals surface area (Å²) in [5, 5.41) is 12.5. The summed E-state index contributed by atoms with van der Waals surface area (Å²) in [5.41, 5.74) is 0. The molecule has 0 amide bonds. The number of aliphatic hydroxyl groups excluding tert-OH is 1. The van der Waals surface area contributed by atoms with Crippen LogP contribution in [-0.2, 0) is 0 Å². The minimum atomic E-state index is -0.143. The average molecular weight is 215 g/mol. The lowest BCUT2D eigenvalue weighted by Crippen LogP contribution is -2.23. The Morgan fingerprint density at radius 1 is 0.933 bits per heavy atom. The standard InChI is InChI=1S/C13H29NO/c1-3-4-5-6-7-8-9-10-11-13(15)12-14-2/h13-15H,3-12H2,1-2H3/t13-/m1/s1. The van der Waals surface area contributed by atoms with Crippen molar-refractivity contribution in [2.24, 2.45) is 0 Å². The molecule has 0 aromatic heterocycles. The topological polar surface area (TPSA) is 32.3 Å². The van der Waals surface area contributed by atoms with Crippen LogP contribution in [0, 0.1) is 0 Å². The van der Waals surface area contributed by atoms with Gasteiger partial charge in [0.15, 0.2) is 0 Å². The van der Waals surface area contributed by atoms with Crippen LogP contribution in [0.4, 0.5) is 0 Å². The lowest BCUT2D eigenvalue weighted by Gasteiger charge is -2.08. The van der Waals surface area contributed by atoms with E-state index in [0.29, 0.717) is 0 Å². The van der Waals surface area contributed by atoms with Crippen LogP contribution in [0.3, 0.4) is 0 Å². The van der Waals surface area contributed by atoms with E-state index in [1.54, 1.807) is 0 Å². The number of hydrogen-bond acceptors (Lipinski definition) is 2. The van der Waals surface area contributed by atoms with E-state index in [4.69, 9.17) is 0 Å². The average Bonchev–Trinajstić information content (AvgIpc) is 2.22. The molecule has 0 spiro atoms. The molecule has 0 aromatic rings. The maximum atomic E-state index is 9.46. The maximum Gasteiger partial charge on any atom is 0.0664 e. The predicted molar refractivity (Wildman–Crippen MR) is 67.2 cm³/mol. The molecule has 15 heavy (non-hydrogen) atoms. The van der Waals surface area contributed by atoms with Crippen molar-refractivity contribution in [3.05, 3.63) is 0 Å². The molecule has 0 aliphatic rings. The molecular formula is C13H29NO. The van der Waals surface area contributed by atoms with Crippen LogP contribution in [0.2, 0.25) is 0 Å². The third-order valence-corrected chi connectivity index (χ3v) is 2.83. The molecule has 0 rings (SSSR count). The Morgan fingerprint density at radius 3 is 2.00 bits per heavy atom. The smallest absolute Gasteiger partial charge is 0.0664 e. The van der Waals surface area contributed by atoms with Crippen LogP contribution in [0.25, 0.3) is 0 Å². The molecule has 0 heterocycles. The van der Waals surface area contributed by atoms with Gasteiger partial charge in [0.05, 0.1) is 6.10 Å². The van der Waals surface area contributed by atoms with Crippen molar-refractivity contribution in [1.29, 1.82) is 0 Å². The number of nitrogens with one attached hydrogen (secondary N) is 1. The Balaban J connectivity index is 2.98. The highest BCUT2D eigenvalue weighted by Gasteiger charge is 2.01. The molecule has 0 unspecified atom stereocenters. The second-order valence-electron chi connectivity index (χ2n) is 4.48. The van der Waals surface area contributed by atoms with E-state index < -0.39 is 0 Å². The van der Waals surface area contributed by atoms with Gasteiger partial charge >= 0.3 is 0 Å². The van der Waals surface area contributed by atoms with Gasteiger partial charge in [0.1, 0.15) is 0 Å². The molecule has 92 valence electrons. The van der Waals surface area contributed by atoms with Crippen LogP contribution < -0.4 is 5.32 Å². The minimum absolute atomic E-state index is 0.143. The largest absolute Gasteiger partial charge is 0.392 e. The summed E-state index contributed by atoms with van der Waals surface area (Å²) in [6.07, 6.45) is 11.5. The Labute approximate surface area is 95.5 Å². The fraction of sp³-hybridized carbons (Fsp3) is 1.00. The van der Waals surface area contributed by atoms with E-state index in [1.807, 2.05) is 7.05 Å². The number of hydrogen-bond donors (Lipinski definition) is 2. The molecule has 0 saturated heterocycles. The summed E-state index contributed by atoms with van der Waals surface area (Å²) in [6, 6.07) is 0. The van der Waals surface area contributed by atoms with E-state index in [0.717, 1.165) is 13.0 Å². The van der Waals surface area contributed by atoms with E-state index in [9.17, 15) is 5.11 Å². The van der Waals surface area contributed by atoms with Gasteiger partial charge in [-0.2, -0.15) is 0 Å². The van der Waals surface area contributed by atoms with Crippen molar-refractivity contribution in [3.8, 4) is 0 Å². The molecule has 0 aliphatic heterocycles. The van der Waals surface area contributed by atoms with Crippen LogP contribution in [-0.4, -0.2) is 24.8 Å². The Bertz CT molecular complexity index is 117. The van der Waals surface area contributed by atoms with Crippen molar-refractivity contribution >= 4 is 0 Å². The summed E-state index contributed by atoms with van der Waals surface area (Å²) in [6.45, 7) is 2.99. The van der Waals surface area contributed by atoms with Gasteiger partial charge in [0, 0.05) is 6.54 Å². The zero-order valence-electron chi connectivity index (χ0n) is 10.6. The van der Waals surface area contributed by atoms with Crippen molar-refractivity contribution in [2.75, 3.05) is 13.6 Å². The Hall–Kier alpha value is -0.0800. The van der Waals surface area contributed by atoms with E-state index >= 15 is 0 Å². The van der Waals surface area contributed by atoms with Gasteiger partial charge in [-0.05, 0) is 13.5 Å². The first kappa shape index (κ1) is 14.9. The van der Waals surface area contributed by atoms with Gasteiger partial charge < -0.3 is 10.4 Å². The minimum Gasteiger partial charge on any atom is -0.392 e. The summed E-state index contributed by atoms with van der Waals surface area (Å²) in [7, 11) is 1.89. The number of likely N-dealkylation sites (N-methyl/N-ethyl adjacent to an activating group) is 1. The summed E-state index contributed by atoms with van der Waals surface area (Å²) >= 11 is 0. The first-order chi connectivity index (χ1) is 7.31. The van der Waals surface area contributed by atoms with Gasteiger partial charge in [0.25, 0.3) is 0 Å². The Kier molecular flexibility index (Phi) is 11.9. The molecule has 0 bridgehead atoms. The molecule has 0 aromatic carbocycles. The quantitative estimate of drug-likeness (QED) is 0.519. The first-order valence-electron chi connectivity index (χ1n) is 6.64. The molecule has 2 nitrogen and oxygen atoms in total. The van der Waals surface area contributed by atoms with E-state index in [-0.39, 0.29) is 6.10 Å². The summed E-state index contributed by atoms with van der Waals surface area (Å²) < 4.78 is 0. The highest BCUT2D eigenvalue weighted by Crippen LogP contribution is 2.10. The predicted octanol–water partition coefficient (Wildman–Crippen LogP) is 3.10. The molecule has 0 saturated carbocycles. The number of rotatable bonds is 11. The second kappa shape index (κ2) is 12.0. The highest BCUT2D eigenvalue weighted by atomic mass is 16.3. The molecular weight excluding hydrogens is 186 g/mol. The van der Waals surface area contributed by atoms with Crippen molar-refractivity contribution in [1.82, 2.24) is 5.32 Å². The van der Waals surface area contributed by atoms with Crippen LogP contribution in [0.1, 0.15) is 64.7 Å². The van der Waals surface area contributed by atoms with Gasteiger partial charge in [0.2, 0.25) is 0 Å². The van der Waals surface area contributed by atoms with Crippen molar-refractivity contribution in [2.45, 2.75) is 70.8 Å². The second-order valence-corrected chi connectivity index (χ2v) is 4.48. The molecule has 0 fully saturated rings. The van der Waals surface area contributed by atoms with Crippen molar-refractivity contribution < 1.29 is 5.11 Å². The normalized spacial score (nSPS) is 13.0. The molecule has 0 radical (unpaired) electrons. The zero-order valence-corrected chi connectivity index (χ0v) is 10.6. The third kappa shape index (κ3) is 11.8. The SMILES string of the molecule is CCCCCCCCCC[C@@H](O)CNC. The lowest BCUT2D eigenvalue weighted by molar-refractivity contribution is 0.160. The fourth-order valence-electron chi connectivity index (χ4n) is 1.85. The highest BCUT2D eigenvalue weighted by molar-refractivity contribution is 4.57. The molecule has 2 N–H and O–H groups in total. The van der Waals surface area contributed by atoms with Crippen LogP contribution >= 0.6 is 0 Å². The number of unbranched alkanes of at least 4 members (excludes halogenated alkanes) is 7. The van der Waals surface area contributed by atoms with Gasteiger partial charge in [-0.3, -0.25) is 0 Å². The lowest BCUT2D eigenvalue weighted by atomic mass is 10.1. The van der Waals surface area contributed by atoms with Gasteiger partial charge in [-0.25, -0.2) is 0 Å². The van der Waals surface area contributed by atoms with E-state index in [1.165, 1.54) is 51.4 Å². The van der Waals surface area contributed by atoms with Gasteiger partial charge in [-0.1, -0.05) is 58.3 Å². The molecule has 2 heteroatoms. The van der Waals surface area contributed by atoms with Gasteiger partial charge in [-0.15, -0.1) is 0 Å². The van der Waals surface area contributed by atoms with Crippen LogP contribution in [0.5, 0.6) is 0 Å². The number of aliphatic hydroxyl groups is 1. The van der Waals surface area contributed by atoms with Crippen molar-refractivity contribution in [3.63, 3.8) is 0 Å². The Morgan fingerprint density at radius 2 is 1.47 bits per heavy atom. The summed E-state index contributed by atoms with van der Waals surface area (Å²) in [4.78, 5) is 0. The molecule has 1 atom stereocenters. The monoisotopic (exact) mass is 215 g/mol. The first-order valence-corrected chi connectivity index (χ1v) is 6.64. The third-order valence-electron chi connectivity index (χ3n) is 2.83.